The molecular weight excluding hydrogens is 134 g/mol. The highest BCUT2D eigenvalue weighted by atomic mass is 35.5. The van der Waals surface area contributed by atoms with E-state index in [4.69, 9.17) is 17.0 Å². The molecule has 2 heteroatoms. The van der Waals surface area contributed by atoms with Crippen molar-refractivity contribution in [3.05, 3.63) is 0 Å². The van der Waals surface area contributed by atoms with Gasteiger partial charge in [0.2, 0.25) is 0 Å². The molecule has 54 valence electrons. The Hall–Kier alpha value is -0.0400. The Morgan fingerprint density at radius 3 is 2.56 bits per heavy atom. The van der Waals surface area contributed by atoms with Crippen molar-refractivity contribution < 1.29 is 0 Å². The summed E-state index contributed by atoms with van der Waals surface area (Å²) < 4.78 is 0. The van der Waals surface area contributed by atoms with E-state index in [0.717, 1.165) is 6.42 Å². The van der Waals surface area contributed by atoms with Gasteiger partial charge in [0, 0.05) is 5.92 Å². The topological polar surface area (TPSA) is 23.9 Å². The van der Waals surface area contributed by atoms with E-state index in [9.17, 15) is 0 Å². The highest BCUT2D eigenvalue weighted by Gasteiger charge is 2.03. The summed E-state index contributed by atoms with van der Waals surface area (Å²) in [6.07, 6.45) is 3.42. The number of unbranched alkanes of at least 4 members (excludes halogenated alkanes) is 1. The van der Waals surface area contributed by atoms with Crippen LogP contribution in [-0.2, 0) is 0 Å². The zero-order valence-corrected chi connectivity index (χ0v) is 6.83. The summed E-state index contributed by atoms with van der Waals surface area (Å²) in [5.41, 5.74) is 0. The zero-order valence-electron chi connectivity index (χ0n) is 6.08. The predicted molar refractivity (Wildman–Crippen MR) is 42.3 cm³/mol. The fraction of sp³-hybridized carbons (Fsp3) is 0.857. The molecule has 1 unspecified atom stereocenters. The van der Waals surface area contributed by atoms with E-state index < -0.39 is 0 Å². The van der Waals surface area contributed by atoms with Crippen LogP contribution in [-0.4, -0.2) is 5.17 Å². The number of rotatable bonds is 4. The minimum Gasteiger partial charge on any atom is -0.293 e. The van der Waals surface area contributed by atoms with Crippen LogP contribution in [0.25, 0.3) is 0 Å². The SMILES string of the molecule is CCCCC(C)C(=N)Cl. The van der Waals surface area contributed by atoms with Crippen LogP contribution in [0, 0.1) is 11.3 Å². The van der Waals surface area contributed by atoms with Crippen LogP contribution in [0.4, 0.5) is 0 Å². The van der Waals surface area contributed by atoms with E-state index >= 15 is 0 Å². The highest BCUT2D eigenvalue weighted by molar-refractivity contribution is 6.64. The van der Waals surface area contributed by atoms with Gasteiger partial charge in [-0.05, 0) is 6.42 Å². The summed E-state index contributed by atoms with van der Waals surface area (Å²) in [5.74, 6) is 0.270. The molecule has 0 amide bonds. The molecule has 0 heterocycles. The number of hydrogen-bond donors (Lipinski definition) is 1. The summed E-state index contributed by atoms with van der Waals surface area (Å²) in [6, 6.07) is 0. The average Bonchev–Trinajstić information content (AvgIpc) is 1.82. The fourth-order valence-corrected chi connectivity index (χ4v) is 0.746. The normalized spacial score (nSPS) is 13.2. The Labute approximate surface area is 61.9 Å². The monoisotopic (exact) mass is 147 g/mol. The van der Waals surface area contributed by atoms with Crippen LogP contribution in [0.3, 0.4) is 0 Å². The van der Waals surface area contributed by atoms with Crippen molar-refractivity contribution in [2.75, 3.05) is 0 Å². The number of halogens is 1. The molecule has 1 N–H and O–H groups in total. The second-order valence-corrected chi connectivity index (χ2v) is 2.80. The Bertz CT molecular complexity index is 90.9. The lowest BCUT2D eigenvalue weighted by Crippen LogP contribution is -2.01. The van der Waals surface area contributed by atoms with Crippen molar-refractivity contribution >= 4 is 16.8 Å². The lowest BCUT2D eigenvalue weighted by Gasteiger charge is -2.04. The largest absolute Gasteiger partial charge is 0.293 e. The lowest BCUT2D eigenvalue weighted by atomic mass is 10.1. The van der Waals surface area contributed by atoms with Gasteiger partial charge in [-0.25, -0.2) is 0 Å². The molecule has 0 saturated heterocycles. The van der Waals surface area contributed by atoms with Crippen molar-refractivity contribution in [1.29, 1.82) is 5.41 Å². The third-order valence-electron chi connectivity index (χ3n) is 1.42. The molecule has 0 rings (SSSR count). The molecule has 0 spiro atoms. The van der Waals surface area contributed by atoms with Crippen LogP contribution in [0.15, 0.2) is 0 Å². The molecule has 0 aromatic carbocycles. The van der Waals surface area contributed by atoms with Crippen molar-refractivity contribution in [3.8, 4) is 0 Å². The second kappa shape index (κ2) is 4.80. The smallest absolute Gasteiger partial charge is 0.0997 e. The van der Waals surface area contributed by atoms with E-state index in [1.54, 1.807) is 0 Å². The molecular formula is C7H14ClN. The molecule has 0 aromatic rings. The van der Waals surface area contributed by atoms with Crippen molar-refractivity contribution in [2.45, 2.75) is 33.1 Å². The molecule has 0 aliphatic carbocycles. The van der Waals surface area contributed by atoms with E-state index in [0.29, 0.717) is 5.17 Å². The van der Waals surface area contributed by atoms with Crippen molar-refractivity contribution in [2.24, 2.45) is 5.92 Å². The molecule has 0 aliphatic rings. The molecule has 0 aliphatic heterocycles. The van der Waals surface area contributed by atoms with Crippen LogP contribution in [0.2, 0.25) is 0 Å². The molecule has 0 fully saturated rings. The first-order valence-corrected chi connectivity index (χ1v) is 3.80. The summed E-state index contributed by atoms with van der Waals surface area (Å²) in [7, 11) is 0. The standard InChI is InChI=1S/C7H14ClN/c1-3-4-5-6(2)7(8)9/h6,9H,3-5H2,1-2H3. The van der Waals surface area contributed by atoms with Gasteiger partial charge in [0.1, 0.15) is 0 Å². The molecule has 1 atom stereocenters. The van der Waals surface area contributed by atoms with Gasteiger partial charge >= 0.3 is 0 Å². The maximum absolute atomic E-state index is 7.04. The second-order valence-electron chi connectivity index (χ2n) is 2.39. The molecule has 0 radical (unpaired) electrons. The Morgan fingerprint density at radius 1 is 1.67 bits per heavy atom. The van der Waals surface area contributed by atoms with Crippen LogP contribution < -0.4 is 0 Å². The molecule has 0 bridgehead atoms. The van der Waals surface area contributed by atoms with E-state index in [-0.39, 0.29) is 5.92 Å². The first kappa shape index (κ1) is 8.96. The first-order chi connectivity index (χ1) is 4.18. The minimum absolute atomic E-state index is 0.270. The molecule has 1 nitrogen and oxygen atoms in total. The van der Waals surface area contributed by atoms with Gasteiger partial charge < -0.3 is 0 Å². The third kappa shape index (κ3) is 4.46. The number of nitrogens with one attached hydrogen (secondary N) is 1. The van der Waals surface area contributed by atoms with E-state index in [1.165, 1.54) is 12.8 Å². The van der Waals surface area contributed by atoms with Crippen LogP contribution in [0.5, 0.6) is 0 Å². The van der Waals surface area contributed by atoms with Crippen LogP contribution in [0.1, 0.15) is 33.1 Å². The Balaban J connectivity index is 3.27. The first-order valence-electron chi connectivity index (χ1n) is 3.42. The van der Waals surface area contributed by atoms with Gasteiger partial charge in [-0.2, -0.15) is 0 Å². The Morgan fingerprint density at radius 2 is 2.22 bits per heavy atom. The summed E-state index contributed by atoms with van der Waals surface area (Å²) in [6.45, 7) is 4.13. The summed E-state index contributed by atoms with van der Waals surface area (Å²) in [5, 5.41) is 7.34. The van der Waals surface area contributed by atoms with Crippen molar-refractivity contribution in [3.63, 3.8) is 0 Å². The zero-order chi connectivity index (χ0) is 7.28. The van der Waals surface area contributed by atoms with E-state index in [1.807, 2.05) is 6.92 Å². The summed E-state index contributed by atoms with van der Waals surface area (Å²) >= 11 is 5.45. The van der Waals surface area contributed by atoms with Gasteiger partial charge in [-0.3, -0.25) is 5.41 Å². The maximum atomic E-state index is 7.04. The van der Waals surface area contributed by atoms with Gasteiger partial charge in [0.15, 0.2) is 0 Å². The summed E-state index contributed by atoms with van der Waals surface area (Å²) in [4.78, 5) is 0. The fourth-order valence-electron chi connectivity index (χ4n) is 0.637. The highest BCUT2D eigenvalue weighted by Crippen LogP contribution is 2.10. The molecule has 0 aromatic heterocycles. The quantitative estimate of drug-likeness (QED) is 0.592. The number of hydrogen-bond acceptors (Lipinski definition) is 1. The predicted octanol–water partition coefficient (Wildman–Crippen LogP) is 3.03. The lowest BCUT2D eigenvalue weighted by molar-refractivity contribution is 0.627. The van der Waals surface area contributed by atoms with Crippen molar-refractivity contribution in [1.82, 2.24) is 0 Å². The minimum atomic E-state index is 0.270. The van der Waals surface area contributed by atoms with E-state index in [2.05, 4.69) is 6.92 Å². The Kier molecular flexibility index (Phi) is 4.78. The van der Waals surface area contributed by atoms with Crippen LogP contribution >= 0.6 is 11.6 Å². The maximum Gasteiger partial charge on any atom is 0.0997 e. The molecule has 0 saturated carbocycles. The average molecular weight is 148 g/mol. The third-order valence-corrected chi connectivity index (χ3v) is 1.80. The van der Waals surface area contributed by atoms with Gasteiger partial charge in [-0.1, -0.05) is 38.3 Å². The van der Waals surface area contributed by atoms with Gasteiger partial charge in [0.05, 0.1) is 5.17 Å². The van der Waals surface area contributed by atoms with Gasteiger partial charge in [-0.15, -0.1) is 0 Å². The molecule has 9 heavy (non-hydrogen) atoms. The van der Waals surface area contributed by atoms with Gasteiger partial charge in [0.25, 0.3) is 0 Å².